The summed E-state index contributed by atoms with van der Waals surface area (Å²) in [4.78, 5) is 0. The van der Waals surface area contributed by atoms with Gasteiger partial charge in [-0.2, -0.15) is 13.2 Å². The van der Waals surface area contributed by atoms with Gasteiger partial charge in [-0.1, -0.05) is 29.3 Å². The van der Waals surface area contributed by atoms with Gasteiger partial charge in [-0.05, 0) is 12.1 Å². The molecule has 1 aromatic rings. The molecule has 0 unspecified atom stereocenters. The molecule has 100 valence electrons. The average Bonchev–Trinajstić information content (AvgIpc) is 3.04. The highest BCUT2D eigenvalue weighted by Gasteiger charge is 2.45. The van der Waals surface area contributed by atoms with E-state index >= 15 is 0 Å². The number of benzene rings is 1. The van der Waals surface area contributed by atoms with Crippen LogP contribution in [0.25, 0.3) is 0 Å². The molecule has 0 bridgehead atoms. The minimum atomic E-state index is -4.58. The number of halogens is 5. The highest BCUT2D eigenvalue weighted by atomic mass is 35.5. The molecule has 1 saturated heterocycles. The van der Waals surface area contributed by atoms with Crippen molar-refractivity contribution in [1.29, 1.82) is 0 Å². The highest BCUT2D eigenvalue weighted by molar-refractivity contribution is 6.36. The van der Waals surface area contributed by atoms with Crippen LogP contribution in [-0.2, 0) is 9.47 Å². The maximum atomic E-state index is 13.0. The summed E-state index contributed by atoms with van der Waals surface area (Å²) in [6.45, 7) is 0.284. The fraction of sp³-hybridized carbons (Fsp3) is 0.455. The van der Waals surface area contributed by atoms with Gasteiger partial charge in [-0.15, -0.1) is 0 Å². The molecule has 2 rings (SSSR count). The molecule has 1 aromatic carbocycles. The van der Waals surface area contributed by atoms with Gasteiger partial charge in [0.25, 0.3) is 0 Å². The van der Waals surface area contributed by atoms with Crippen LogP contribution >= 0.6 is 23.2 Å². The summed E-state index contributed by atoms with van der Waals surface area (Å²) in [5.74, 6) is 0. The lowest BCUT2D eigenvalue weighted by Crippen LogP contribution is -2.25. The van der Waals surface area contributed by atoms with Gasteiger partial charge in [-0.3, -0.25) is 0 Å². The molecule has 0 radical (unpaired) electrons. The van der Waals surface area contributed by atoms with Crippen molar-refractivity contribution in [3.05, 3.63) is 33.8 Å². The van der Waals surface area contributed by atoms with Crippen LogP contribution in [0.15, 0.2) is 18.2 Å². The van der Waals surface area contributed by atoms with Crippen LogP contribution < -0.4 is 0 Å². The molecule has 0 N–H and O–H groups in total. The number of ether oxygens (including phenoxy) is 2. The number of epoxide rings is 1. The molecular formula is C11H9Cl2F3O2. The predicted octanol–water partition coefficient (Wildman–Crippen LogP) is 4.01. The fourth-order valence-electron chi connectivity index (χ4n) is 1.47. The van der Waals surface area contributed by atoms with Crippen molar-refractivity contribution in [1.82, 2.24) is 0 Å². The van der Waals surface area contributed by atoms with E-state index in [0.29, 0.717) is 6.61 Å². The van der Waals surface area contributed by atoms with E-state index in [9.17, 15) is 13.2 Å². The Morgan fingerprint density at radius 3 is 2.33 bits per heavy atom. The normalized spacial score (nSPS) is 20.8. The van der Waals surface area contributed by atoms with Crippen LogP contribution in [0, 0.1) is 0 Å². The summed E-state index contributed by atoms with van der Waals surface area (Å²) >= 11 is 11.5. The minimum Gasteiger partial charge on any atom is -0.371 e. The monoisotopic (exact) mass is 300 g/mol. The van der Waals surface area contributed by atoms with Gasteiger partial charge in [0.15, 0.2) is 6.10 Å². The first-order chi connectivity index (χ1) is 8.39. The summed E-state index contributed by atoms with van der Waals surface area (Å²) in [7, 11) is 0. The summed E-state index contributed by atoms with van der Waals surface area (Å²) in [6, 6.07) is 4.17. The Hall–Kier alpha value is -0.490. The van der Waals surface area contributed by atoms with Gasteiger partial charge in [0, 0.05) is 15.6 Å². The smallest absolute Gasteiger partial charge is 0.371 e. The maximum Gasteiger partial charge on any atom is 0.418 e. The predicted molar refractivity (Wildman–Crippen MR) is 61.0 cm³/mol. The summed E-state index contributed by atoms with van der Waals surface area (Å²) < 4.78 is 48.5. The second kappa shape index (κ2) is 5.25. The third-order valence-corrected chi connectivity index (χ3v) is 3.07. The zero-order valence-electron chi connectivity index (χ0n) is 9.01. The lowest BCUT2D eigenvalue weighted by atomic mass is 10.1. The van der Waals surface area contributed by atoms with Crippen LogP contribution in [0.2, 0.25) is 10.0 Å². The quantitative estimate of drug-likeness (QED) is 0.784. The molecule has 0 amide bonds. The Bertz CT molecular complexity index is 413. The Kier molecular flexibility index (Phi) is 4.06. The van der Waals surface area contributed by atoms with Crippen molar-refractivity contribution in [2.75, 3.05) is 13.2 Å². The van der Waals surface area contributed by atoms with Crippen LogP contribution in [0.5, 0.6) is 0 Å². The van der Waals surface area contributed by atoms with E-state index in [0.717, 1.165) is 0 Å². The second-order valence-electron chi connectivity index (χ2n) is 3.85. The maximum absolute atomic E-state index is 13.0. The van der Waals surface area contributed by atoms with Crippen LogP contribution in [-0.4, -0.2) is 25.5 Å². The third kappa shape index (κ3) is 3.29. The average molecular weight is 301 g/mol. The first kappa shape index (κ1) is 13.9. The third-order valence-electron chi connectivity index (χ3n) is 2.41. The second-order valence-corrected chi connectivity index (χ2v) is 4.66. The molecule has 0 aromatic heterocycles. The molecular weight excluding hydrogens is 292 g/mol. The van der Waals surface area contributed by atoms with E-state index in [2.05, 4.69) is 0 Å². The van der Waals surface area contributed by atoms with E-state index < -0.39 is 12.3 Å². The first-order valence-electron chi connectivity index (χ1n) is 5.13. The Morgan fingerprint density at radius 2 is 1.89 bits per heavy atom. The Balaban J connectivity index is 2.26. The van der Waals surface area contributed by atoms with E-state index in [1.165, 1.54) is 18.2 Å². The van der Waals surface area contributed by atoms with Crippen molar-refractivity contribution in [3.8, 4) is 0 Å². The van der Waals surface area contributed by atoms with Crippen molar-refractivity contribution >= 4 is 23.2 Å². The molecule has 2 atom stereocenters. The zero-order valence-corrected chi connectivity index (χ0v) is 10.5. The number of rotatable bonds is 4. The zero-order chi connectivity index (χ0) is 13.3. The summed E-state index contributed by atoms with van der Waals surface area (Å²) in [6.07, 6.45) is -6.98. The topological polar surface area (TPSA) is 21.8 Å². The SMILES string of the molecule is FC(F)(F)[C@@H](OC[C@@H]1CO1)c1c(Cl)cccc1Cl. The fourth-order valence-corrected chi connectivity index (χ4v) is 2.07. The molecule has 1 fully saturated rings. The Labute approximate surface area is 112 Å². The van der Waals surface area contributed by atoms with Gasteiger partial charge >= 0.3 is 6.18 Å². The van der Waals surface area contributed by atoms with Gasteiger partial charge in [0.05, 0.1) is 13.2 Å². The molecule has 0 aliphatic carbocycles. The number of hydrogen-bond acceptors (Lipinski definition) is 2. The van der Waals surface area contributed by atoms with Gasteiger partial charge in [0.1, 0.15) is 6.10 Å². The van der Waals surface area contributed by atoms with Gasteiger partial charge in [-0.25, -0.2) is 0 Å². The van der Waals surface area contributed by atoms with Crippen molar-refractivity contribution in [3.63, 3.8) is 0 Å². The van der Waals surface area contributed by atoms with E-state index in [1.807, 2.05) is 0 Å². The number of alkyl halides is 3. The van der Waals surface area contributed by atoms with E-state index in [1.54, 1.807) is 0 Å². The molecule has 1 aliphatic rings. The summed E-state index contributed by atoms with van der Waals surface area (Å²) in [5.41, 5.74) is -0.256. The summed E-state index contributed by atoms with van der Waals surface area (Å²) in [5, 5.41) is -0.136. The van der Waals surface area contributed by atoms with Crippen LogP contribution in [0.1, 0.15) is 11.7 Å². The van der Waals surface area contributed by atoms with E-state index in [4.69, 9.17) is 32.7 Å². The lowest BCUT2D eigenvalue weighted by molar-refractivity contribution is -0.224. The molecule has 1 heterocycles. The van der Waals surface area contributed by atoms with Crippen molar-refractivity contribution in [2.24, 2.45) is 0 Å². The molecule has 18 heavy (non-hydrogen) atoms. The van der Waals surface area contributed by atoms with Gasteiger partial charge in [0.2, 0.25) is 0 Å². The number of hydrogen-bond donors (Lipinski definition) is 0. The minimum absolute atomic E-state index is 0.0680. The largest absolute Gasteiger partial charge is 0.418 e. The molecule has 0 spiro atoms. The first-order valence-corrected chi connectivity index (χ1v) is 5.89. The lowest BCUT2D eigenvalue weighted by Gasteiger charge is -2.22. The highest BCUT2D eigenvalue weighted by Crippen LogP contribution is 2.42. The van der Waals surface area contributed by atoms with Crippen LogP contribution in [0.3, 0.4) is 0 Å². The van der Waals surface area contributed by atoms with Gasteiger partial charge < -0.3 is 9.47 Å². The standard InChI is InChI=1S/C11H9Cl2F3O2/c12-7-2-1-3-8(13)9(7)10(11(14,15)16)18-5-6-4-17-6/h1-3,6,10H,4-5H2/t6-,10-/m0/s1. The Morgan fingerprint density at radius 1 is 1.33 bits per heavy atom. The molecule has 2 nitrogen and oxygen atoms in total. The molecule has 1 aliphatic heterocycles. The van der Waals surface area contributed by atoms with Crippen LogP contribution in [0.4, 0.5) is 13.2 Å². The van der Waals surface area contributed by atoms with Crippen molar-refractivity contribution in [2.45, 2.75) is 18.4 Å². The molecule has 0 saturated carbocycles. The van der Waals surface area contributed by atoms with Crippen molar-refractivity contribution < 1.29 is 22.6 Å². The molecule has 7 heteroatoms. The van der Waals surface area contributed by atoms with E-state index in [-0.39, 0.29) is 28.3 Å².